The molecule has 0 aliphatic carbocycles. The molecule has 144 valence electrons. The Hall–Kier alpha value is -3.48. The maximum atomic E-state index is 10.7. The number of hydrogen-bond donors (Lipinski definition) is 2. The number of aromatic nitrogens is 2. The Kier molecular flexibility index (Phi) is 4.65. The van der Waals surface area contributed by atoms with Crippen molar-refractivity contribution in [1.29, 1.82) is 0 Å². The van der Waals surface area contributed by atoms with Gasteiger partial charge in [-0.2, -0.15) is 0 Å². The number of ether oxygens (including phenoxy) is 3. The second kappa shape index (κ2) is 7.26. The van der Waals surface area contributed by atoms with E-state index in [9.17, 15) is 5.11 Å². The highest BCUT2D eigenvalue weighted by molar-refractivity contribution is 5.85. The van der Waals surface area contributed by atoms with E-state index in [0.29, 0.717) is 28.5 Å². The van der Waals surface area contributed by atoms with Crippen LogP contribution in [0.2, 0.25) is 0 Å². The lowest BCUT2D eigenvalue weighted by molar-refractivity contribution is 0.174. The fourth-order valence-corrected chi connectivity index (χ4v) is 3.33. The summed E-state index contributed by atoms with van der Waals surface area (Å²) in [6.45, 7) is 2.29. The molecule has 0 spiro atoms. The van der Waals surface area contributed by atoms with Crippen molar-refractivity contribution in [2.45, 2.75) is 19.8 Å². The van der Waals surface area contributed by atoms with Crippen molar-refractivity contribution in [3.8, 4) is 45.4 Å². The third-order valence-corrected chi connectivity index (χ3v) is 4.66. The number of methoxy groups -OCH3 is 1. The molecule has 0 unspecified atom stereocenters. The van der Waals surface area contributed by atoms with Crippen LogP contribution >= 0.6 is 0 Å². The van der Waals surface area contributed by atoms with Gasteiger partial charge < -0.3 is 25.1 Å². The van der Waals surface area contributed by atoms with E-state index < -0.39 is 0 Å². The minimum Gasteiger partial charge on any atom is -0.507 e. The Balaban J connectivity index is 1.89. The highest BCUT2D eigenvalue weighted by atomic mass is 16.7. The van der Waals surface area contributed by atoms with Crippen molar-refractivity contribution < 1.29 is 19.3 Å². The van der Waals surface area contributed by atoms with Gasteiger partial charge in [-0.15, -0.1) is 0 Å². The van der Waals surface area contributed by atoms with Gasteiger partial charge in [-0.25, -0.2) is 9.97 Å². The van der Waals surface area contributed by atoms with E-state index in [1.165, 1.54) is 0 Å². The summed E-state index contributed by atoms with van der Waals surface area (Å²) >= 11 is 0. The molecule has 0 saturated heterocycles. The van der Waals surface area contributed by atoms with E-state index in [1.807, 2.05) is 24.3 Å². The number of rotatable bonds is 5. The van der Waals surface area contributed by atoms with Gasteiger partial charge in [-0.1, -0.05) is 19.4 Å². The van der Waals surface area contributed by atoms with Gasteiger partial charge in [0.15, 0.2) is 11.5 Å². The van der Waals surface area contributed by atoms with Gasteiger partial charge >= 0.3 is 0 Å². The first-order chi connectivity index (χ1) is 13.6. The number of nitrogens with two attached hydrogens (primary N) is 1. The Bertz CT molecular complexity index is 1040. The molecule has 28 heavy (non-hydrogen) atoms. The maximum absolute atomic E-state index is 10.7. The molecule has 0 fully saturated rings. The molecule has 7 nitrogen and oxygen atoms in total. The largest absolute Gasteiger partial charge is 0.507 e. The van der Waals surface area contributed by atoms with Gasteiger partial charge in [0.2, 0.25) is 12.7 Å². The number of anilines is 1. The molecule has 1 aliphatic rings. The molecule has 0 saturated carbocycles. The summed E-state index contributed by atoms with van der Waals surface area (Å²) in [7, 11) is 1.59. The Labute approximate surface area is 162 Å². The monoisotopic (exact) mass is 379 g/mol. The van der Waals surface area contributed by atoms with Crippen LogP contribution in [0.5, 0.6) is 23.0 Å². The molecule has 0 amide bonds. The van der Waals surface area contributed by atoms with Crippen molar-refractivity contribution in [3.63, 3.8) is 0 Å². The number of phenols is 1. The summed E-state index contributed by atoms with van der Waals surface area (Å²) in [4.78, 5) is 8.57. The molecule has 0 atom stereocenters. The fraction of sp³-hybridized carbons (Fsp3) is 0.238. The lowest BCUT2D eigenvalue weighted by Crippen LogP contribution is -2.00. The molecule has 7 heteroatoms. The first kappa shape index (κ1) is 17.9. The molecule has 0 radical (unpaired) electrons. The summed E-state index contributed by atoms with van der Waals surface area (Å²) in [6.07, 6.45) is 3.41. The number of aryl methyl sites for hydroxylation is 1. The van der Waals surface area contributed by atoms with Crippen LogP contribution in [0.15, 0.2) is 36.5 Å². The second-order valence-corrected chi connectivity index (χ2v) is 6.49. The first-order valence-corrected chi connectivity index (χ1v) is 9.03. The number of hydrogen-bond acceptors (Lipinski definition) is 7. The van der Waals surface area contributed by atoms with Crippen LogP contribution in [0, 0.1) is 0 Å². The zero-order valence-electron chi connectivity index (χ0n) is 15.7. The molecule has 3 aromatic rings. The Morgan fingerprint density at radius 1 is 1.14 bits per heavy atom. The number of fused-ring (bicyclic) bond motifs is 1. The standard InChI is InChI=1S/C21H21N3O4/c1-3-4-13-7-14(16(25)9-18(13)26-2)20-15(10-23-21(22)24-20)12-5-6-17-19(8-12)28-11-27-17/h5-10,25H,3-4,11H2,1-2H3,(H2,22,23,24). The molecule has 3 N–H and O–H groups in total. The fourth-order valence-electron chi connectivity index (χ4n) is 3.33. The van der Waals surface area contributed by atoms with Crippen LogP contribution in [-0.2, 0) is 6.42 Å². The van der Waals surface area contributed by atoms with Crippen molar-refractivity contribution >= 4 is 5.95 Å². The quantitative estimate of drug-likeness (QED) is 0.696. The average molecular weight is 379 g/mol. The molecule has 2 aromatic carbocycles. The summed E-state index contributed by atoms with van der Waals surface area (Å²) in [6, 6.07) is 9.12. The molecule has 1 aliphatic heterocycles. The van der Waals surface area contributed by atoms with E-state index in [2.05, 4.69) is 16.9 Å². The average Bonchev–Trinajstić information content (AvgIpc) is 3.17. The van der Waals surface area contributed by atoms with E-state index in [1.54, 1.807) is 19.4 Å². The minimum atomic E-state index is 0.0665. The summed E-state index contributed by atoms with van der Waals surface area (Å²) < 4.78 is 16.3. The number of nitrogens with zero attached hydrogens (tertiary/aromatic N) is 2. The maximum Gasteiger partial charge on any atom is 0.231 e. The predicted molar refractivity (Wildman–Crippen MR) is 106 cm³/mol. The molecular formula is C21H21N3O4. The number of nitrogen functional groups attached to an aromatic ring is 1. The zero-order chi connectivity index (χ0) is 19.7. The highest BCUT2D eigenvalue weighted by Crippen LogP contribution is 2.42. The minimum absolute atomic E-state index is 0.0665. The van der Waals surface area contributed by atoms with Gasteiger partial charge in [0, 0.05) is 23.4 Å². The van der Waals surface area contributed by atoms with Gasteiger partial charge in [0.25, 0.3) is 0 Å². The Morgan fingerprint density at radius 2 is 1.96 bits per heavy atom. The SMILES string of the molecule is CCCc1cc(-c2nc(N)ncc2-c2ccc3c(c2)OCO3)c(O)cc1OC. The molecule has 1 aromatic heterocycles. The third-order valence-electron chi connectivity index (χ3n) is 4.66. The number of phenolic OH excluding ortho intramolecular Hbond substituents is 1. The lowest BCUT2D eigenvalue weighted by Gasteiger charge is -2.15. The van der Waals surface area contributed by atoms with E-state index >= 15 is 0 Å². The topological polar surface area (TPSA) is 99.7 Å². The van der Waals surface area contributed by atoms with Crippen LogP contribution in [-0.4, -0.2) is 29.0 Å². The number of aromatic hydroxyl groups is 1. The third kappa shape index (κ3) is 3.15. The second-order valence-electron chi connectivity index (χ2n) is 6.49. The van der Waals surface area contributed by atoms with Crippen molar-refractivity contribution in [2.75, 3.05) is 19.6 Å². The zero-order valence-corrected chi connectivity index (χ0v) is 15.7. The van der Waals surface area contributed by atoms with Crippen LogP contribution < -0.4 is 19.9 Å². The van der Waals surface area contributed by atoms with Gasteiger partial charge in [-0.3, -0.25) is 0 Å². The van der Waals surface area contributed by atoms with E-state index in [0.717, 1.165) is 29.5 Å². The van der Waals surface area contributed by atoms with Gasteiger partial charge in [-0.05, 0) is 35.7 Å². The van der Waals surface area contributed by atoms with Crippen molar-refractivity contribution in [1.82, 2.24) is 9.97 Å². The Morgan fingerprint density at radius 3 is 2.75 bits per heavy atom. The summed E-state index contributed by atoms with van der Waals surface area (Å²) in [5.41, 5.74) is 9.55. The van der Waals surface area contributed by atoms with Gasteiger partial charge in [0.05, 0.1) is 12.8 Å². The molecule has 2 heterocycles. The summed E-state index contributed by atoms with van der Waals surface area (Å²) in [5, 5.41) is 10.7. The van der Waals surface area contributed by atoms with Crippen molar-refractivity contribution in [3.05, 3.63) is 42.1 Å². The van der Waals surface area contributed by atoms with Gasteiger partial charge in [0.1, 0.15) is 11.5 Å². The van der Waals surface area contributed by atoms with E-state index in [-0.39, 0.29) is 18.5 Å². The first-order valence-electron chi connectivity index (χ1n) is 9.03. The normalized spacial score (nSPS) is 12.2. The van der Waals surface area contributed by atoms with Crippen LogP contribution in [0.1, 0.15) is 18.9 Å². The molecule has 0 bridgehead atoms. The van der Waals surface area contributed by atoms with Crippen LogP contribution in [0.4, 0.5) is 5.95 Å². The molecular weight excluding hydrogens is 358 g/mol. The summed E-state index contributed by atoms with van der Waals surface area (Å²) in [5.74, 6) is 2.20. The smallest absolute Gasteiger partial charge is 0.231 e. The van der Waals surface area contributed by atoms with E-state index in [4.69, 9.17) is 19.9 Å². The lowest BCUT2D eigenvalue weighted by atomic mass is 9.97. The predicted octanol–water partition coefficient (Wildman–Crippen LogP) is 3.79. The molecule has 4 rings (SSSR count). The number of benzene rings is 2. The van der Waals surface area contributed by atoms with Crippen LogP contribution in [0.25, 0.3) is 22.4 Å². The van der Waals surface area contributed by atoms with Crippen molar-refractivity contribution in [2.24, 2.45) is 0 Å². The van der Waals surface area contributed by atoms with Crippen LogP contribution in [0.3, 0.4) is 0 Å². The highest BCUT2D eigenvalue weighted by Gasteiger charge is 2.20.